The van der Waals surface area contributed by atoms with Gasteiger partial charge in [0.05, 0.1) is 7.05 Å². The minimum absolute atomic E-state index is 0.620. The largest absolute Gasteiger partial charge is 0.415 e. The van der Waals surface area contributed by atoms with E-state index in [1.807, 2.05) is 30.3 Å². The summed E-state index contributed by atoms with van der Waals surface area (Å²) >= 11 is 0. The molecular weight excluding hydrogens is 240 g/mol. The van der Waals surface area contributed by atoms with Crippen LogP contribution in [0.2, 0.25) is 0 Å². The summed E-state index contributed by atoms with van der Waals surface area (Å²) in [7, 11) is 2.25. The third-order valence-corrected chi connectivity index (χ3v) is 3.70. The van der Waals surface area contributed by atoms with E-state index in [-0.39, 0.29) is 0 Å². The monoisotopic (exact) mass is 260 g/mol. The first-order valence-electron chi connectivity index (χ1n) is 6.84. The fourth-order valence-electron chi connectivity index (χ4n) is 2.44. The summed E-state index contributed by atoms with van der Waals surface area (Å²) in [5.74, 6) is 1.36. The van der Waals surface area contributed by atoms with Gasteiger partial charge in [0.15, 0.2) is 6.54 Å². The molecule has 5 nitrogen and oxygen atoms in total. The van der Waals surface area contributed by atoms with Crippen LogP contribution in [0, 0.1) is 0 Å². The van der Waals surface area contributed by atoms with Crippen molar-refractivity contribution in [3.8, 4) is 11.5 Å². The van der Waals surface area contributed by atoms with Crippen molar-refractivity contribution in [2.45, 2.75) is 6.54 Å². The third-order valence-electron chi connectivity index (χ3n) is 3.70. The summed E-state index contributed by atoms with van der Waals surface area (Å²) in [5.41, 5.74) is 0.985. The van der Waals surface area contributed by atoms with Gasteiger partial charge in [0.1, 0.15) is 26.2 Å². The third kappa shape index (κ3) is 3.00. The normalized spacial score (nSPS) is 23.4. The number of piperazine rings is 1. The molecular formula is C14H20N4O+2. The van der Waals surface area contributed by atoms with Gasteiger partial charge in [0, 0.05) is 5.56 Å². The maximum absolute atomic E-state index is 5.75. The molecule has 1 aliphatic rings. The number of quaternary nitrogens is 2. The number of hydrogen-bond acceptors (Lipinski definition) is 3. The molecule has 0 aliphatic carbocycles. The van der Waals surface area contributed by atoms with Crippen molar-refractivity contribution in [3.63, 3.8) is 0 Å². The van der Waals surface area contributed by atoms with Crippen molar-refractivity contribution in [1.29, 1.82) is 0 Å². The second-order valence-corrected chi connectivity index (χ2v) is 5.25. The second kappa shape index (κ2) is 5.50. The molecule has 0 atom stereocenters. The van der Waals surface area contributed by atoms with E-state index < -0.39 is 0 Å². The lowest BCUT2D eigenvalue weighted by molar-refractivity contribution is -1.01. The molecule has 5 heteroatoms. The first-order valence-corrected chi connectivity index (χ1v) is 6.84. The van der Waals surface area contributed by atoms with E-state index in [1.54, 1.807) is 4.90 Å². The second-order valence-electron chi connectivity index (χ2n) is 5.25. The van der Waals surface area contributed by atoms with Crippen LogP contribution in [0.1, 0.15) is 5.89 Å². The fourth-order valence-corrected chi connectivity index (χ4v) is 2.44. The Morgan fingerprint density at radius 3 is 2.53 bits per heavy atom. The van der Waals surface area contributed by atoms with E-state index >= 15 is 0 Å². The molecule has 1 aromatic carbocycles. The van der Waals surface area contributed by atoms with Crippen molar-refractivity contribution in [2.24, 2.45) is 0 Å². The van der Waals surface area contributed by atoms with Crippen molar-refractivity contribution in [3.05, 3.63) is 36.2 Å². The molecule has 1 saturated heterocycles. The summed E-state index contributed by atoms with van der Waals surface area (Å²) in [6, 6.07) is 9.92. The number of nitrogens with zero attached hydrogens (tertiary/aromatic N) is 2. The Kier molecular flexibility index (Phi) is 3.57. The van der Waals surface area contributed by atoms with Crippen molar-refractivity contribution >= 4 is 0 Å². The quantitative estimate of drug-likeness (QED) is 0.717. The molecule has 2 aromatic rings. The van der Waals surface area contributed by atoms with Gasteiger partial charge in [-0.05, 0) is 12.1 Å². The van der Waals surface area contributed by atoms with E-state index in [9.17, 15) is 0 Å². The molecule has 100 valence electrons. The molecule has 19 heavy (non-hydrogen) atoms. The first-order chi connectivity index (χ1) is 9.31. The molecule has 0 unspecified atom stereocenters. The highest BCUT2D eigenvalue weighted by molar-refractivity contribution is 5.51. The predicted octanol–water partition coefficient (Wildman–Crippen LogP) is -1.35. The standard InChI is InChI=1S/C14H18N4O/c1-17-7-9-18(10-8-17)11-13-15-16-14(19-13)12-5-3-2-4-6-12/h2-6H,7-11H2,1H3/p+2. The first kappa shape index (κ1) is 12.3. The summed E-state index contributed by atoms with van der Waals surface area (Å²) in [5, 5.41) is 8.29. The van der Waals surface area contributed by atoms with E-state index in [1.165, 1.54) is 31.1 Å². The minimum atomic E-state index is 0.620. The van der Waals surface area contributed by atoms with Crippen LogP contribution in [0.3, 0.4) is 0 Å². The highest BCUT2D eigenvalue weighted by atomic mass is 16.4. The van der Waals surface area contributed by atoms with E-state index in [4.69, 9.17) is 4.42 Å². The van der Waals surface area contributed by atoms with Crippen LogP contribution in [0.5, 0.6) is 0 Å². The van der Waals surface area contributed by atoms with Gasteiger partial charge in [-0.25, -0.2) is 0 Å². The van der Waals surface area contributed by atoms with Gasteiger partial charge >= 0.3 is 0 Å². The zero-order valence-electron chi connectivity index (χ0n) is 11.2. The Hall–Kier alpha value is -1.72. The number of nitrogens with one attached hydrogen (secondary N) is 2. The molecule has 0 saturated carbocycles. The molecule has 0 radical (unpaired) electrons. The summed E-state index contributed by atoms with van der Waals surface area (Å²) in [4.78, 5) is 3.15. The molecule has 1 fully saturated rings. The van der Waals surface area contributed by atoms with Crippen LogP contribution in [0.25, 0.3) is 11.5 Å². The van der Waals surface area contributed by atoms with E-state index in [0.29, 0.717) is 5.89 Å². The number of benzene rings is 1. The van der Waals surface area contributed by atoms with Gasteiger partial charge in [0.25, 0.3) is 5.89 Å². The summed E-state index contributed by atoms with van der Waals surface area (Å²) in [6.45, 7) is 5.63. The lowest BCUT2D eigenvalue weighted by Gasteiger charge is -2.26. The van der Waals surface area contributed by atoms with Gasteiger partial charge in [-0.1, -0.05) is 18.2 Å². The Morgan fingerprint density at radius 1 is 1.05 bits per heavy atom. The number of hydrogen-bond donors (Lipinski definition) is 2. The van der Waals surface area contributed by atoms with Gasteiger partial charge < -0.3 is 14.2 Å². The lowest BCUT2D eigenvalue weighted by Crippen LogP contribution is -3.26. The van der Waals surface area contributed by atoms with Crippen LogP contribution in [-0.4, -0.2) is 43.4 Å². The zero-order valence-corrected chi connectivity index (χ0v) is 11.2. The average Bonchev–Trinajstić information content (AvgIpc) is 2.91. The summed E-state index contributed by atoms with van der Waals surface area (Å²) in [6.07, 6.45) is 0. The summed E-state index contributed by atoms with van der Waals surface area (Å²) < 4.78 is 5.75. The van der Waals surface area contributed by atoms with Crippen LogP contribution in [0.15, 0.2) is 34.7 Å². The predicted molar refractivity (Wildman–Crippen MR) is 70.8 cm³/mol. The number of rotatable bonds is 3. The van der Waals surface area contributed by atoms with Gasteiger partial charge in [0.2, 0.25) is 5.89 Å². The fraction of sp³-hybridized carbons (Fsp3) is 0.429. The Balaban J connectivity index is 1.65. The molecule has 0 amide bonds. The molecule has 2 N–H and O–H groups in total. The Morgan fingerprint density at radius 2 is 1.79 bits per heavy atom. The zero-order chi connectivity index (χ0) is 13.1. The van der Waals surface area contributed by atoms with E-state index in [0.717, 1.165) is 18.0 Å². The lowest BCUT2D eigenvalue weighted by atomic mass is 10.2. The van der Waals surface area contributed by atoms with Crippen LogP contribution in [0.4, 0.5) is 0 Å². The Bertz CT molecular complexity index is 517. The van der Waals surface area contributed by atoms with Gasteiger partial charge in [-0.15, -0.1) is 10.2 Å². The highest BCUT2D eigenvalue weighted by Crippen LogP contribution is 2.16. The molecule has 0 spiro atoms. The van der Waals surface area contributed by atoms with Crippen LogP contribution < -0.4 is 9.80 Å². The smallest absolute Gasteiger partial charge is 0.271 e. The van der Waals surface area contributed by atoms with Crippen molar-refractivity contribution in [1.82, 2.24) is 10.2 Å². The number of aromatic nitrogens is 2. The molecule has 2 heterocycles. The van der Waals surface area contributed by atoms with Crippen LogP contribution >= 0.6 is 0 Å². The molecule has 1 aromatic heterocycles. The van der Waals surface area contributed by atoms with Gasteiger partial charge in [-0.3, -0.25) is 0 Å². The van der Waals surface area contributed by atoms with Gasteiger partial charge in [-0.2, -0.15) is 0 Å². The SMILES string of the molecule is C[NH+]1CC[NH+](Cc2nnc(-c3ccccc3)o2)CC1. The minimum Gasteiger partial charge on any atom is -0.415 e. The maximum atomic E-state index is 5.75. The van der Waals surface area contributed by atoms with Crippen LogP contribution in [-0.2, 0) is 6.54 Å². The molecule has 3 rings (SSSR count). The Labute approximate surface area is 112 Å². The maximum Gasteiger partial charge on any atom is 0.271 e. The highest BCUT2D eigenvalue weighted by Gasteiger charge is 2.22. The average molecular weight is 260 g/mol. The van der Waals surface area contributed by atoms with E-state index in [2.05, 4.69) is 17.2 Å². The number of likely N-dealkylation sites (N-methyl/N-ethyl adjacent to an activating group) is 1. The molecule has 1 aliphatic heterocycles. The van der Waals surface area contributed by atoms with Crippen molar-refractivity contribution < 1.29 is 14.2 Å². The topological polar surface area (TPSA) is 47.8 Å². The van der Waals surface area contributed by atoms with Crippen molar-refractivity contribution in [2.75, 3.05) is 33.2 Å². The molecule has 0 bridgehead atoms.